The first-order valence-corrected chi connectivity index (χ1v) is 7.23. The van der Waals surface area contributed by atoms with E-state index >= 15 is 0 Å². The molecule has 0 aromatic rings. The van der Waals surface area contributed by atoms with Crippen molar-refractivity contribution in [2.75, 3.05) is 26.4 Å². The number of hydrogen-bond donors (Lipinski definition) is 2. The first kappa shape index (κ1) is 17.8. The van der Waals surface area contributed by atoms with Crippen LogP contribution in [0.15, 0.2) is 0 Å². The summed E-state index contributed by atoms with van der Waals surface area (Å²) in [5.41, 5.74) is 0. The van der Waals surface area contributed by atoms with Gasteiger partial charge in [0, 0.05) is 0 Å². The van der Waals surface area contributed by atoms with Crippen molar-refractivity contribution in [3.05, 3.63) is 0 Å². The monoisotopic (exact) mass is 262 g/mol. The quantitative estimate of drug-likeness (QED) is 0.499. The summed E-state index contributed by atoms with van der Waals surface area (Å²) in [5.74, 6) is 0. The van der Waals surface area contributed by atoms with Crippen LogP contribution in [0.3, 0.4) is 0 Å². The SMILES string of the molecule is CCCCC(CO)OCCOC(CO)CCCC. The molecular weight excluding hydrogens is 232 g/mol. The highest BCUT2D eigenvalue weighted by Crippen LogP contribution is 2.06. The molecule has 0 saturated carbocycles. The largest absolute Gasteiger partial charge is 0.394 e. The van der Waals surface area contributed by atoms with Crippen molar-refractivity contribution < 1.29 is 19.7 Å². The lowest BCUT2D eigenvalue weighted by atomic mass is 10.2. The maximum Gasteiger partial charge on any atom is 0.0806 e. The Morgan fingerprint density at radius 3 is 1.44 bits per heavy atom. The van der Waals surface area contributed by atoms with E-state index in [-0.39, 0.29) is 25.4 Å². The minimum absolute atomic E-state index is 0.0687. The average Bonchev–Trinajstić information content (AvgIpc) is 2.41. The zero-order valence-electron chi connectivity index (χ0n) is 11.9. The lowest BCUT2D eigenvalue weighted by Crippen LogP contribution is -2.24. The molecule has 0 bridgehead atoms. The lowest BCUT2D eigenvalue weighted by molar-refractivity contribution is -0.0537. The highest BCUT2D eigenvalue weighted by atomic mass is 16.5. The second-order valence-electron chi connectivity index (χ2n) is 4.64. The molecular formula is C14H30O4. The third-order valence-corrected chi connectivity index (χ3v) is 2.96. The third-order valence-electron chi connectivity index (χ3n) is 2.96. The fourth-order valence-corrected chi connectivity index (χ4v) is 1.75. The molecule has 2 atom stereocenters. The van der Waals surface area contributed by atoms with Crippen LogP contribution < -0.4 is 0 Å². The summed E-state index contributed by atoms with van der Waals surface area (Å²) in [6.07, 6.45) is 6.01. The molecule has 2 unspecified atom stereocenters. The molecule has 0 spiro atoms. The molecule has 0 saturated heterocycles. The van der Waals surface area contributed by atoms with Gasteiger partial charge in [0.25, 0.3) is 0 Å². The van der Waals surface area contributed by atoms with Crippen molar-refractivity contribution >= 4 is 0 Å². The summed E-state index contributed by atoms with van der Waals surface area (Å²) in [6.45, 7) is 5.35. The summed E-state index contributed by atoms with van der Waals surface area (Å²) in [4.78, 5) is 0. The topological polar surface area (TPSA) is 58.9 Å². The molecule has 0 radical (unpaired) electrons. The predicted molar refractivity (Wildman–Crippen MR) is 72.7 cm³/mol. The van der Waals surface area contributed by atoms with Gasteiger partial charge in [-0.3, -0.25) is 0 Å². The summed E-state index contributed by atoms with van der Waals surface area (Å²) in [6, 6.07) is 0. The van der Waals surface area contributed by atoms with E-state index in [2.05, 4.69) is 13.8 Å². The molecule has 4 nitrogen and oxygen atoms in total. The Morgan fingerprint density at radius 2 is 1.17 bits per heavy atom. The van der Waals surface area contributed by atoms with Crippen molar-refractivity contribution in [2.24, 2.45) is 0 Å². The molecule has 2 N–H and O–H groups in total. The minimum Gasteiger partial charge on any atom is -0.394 e. The Labute approximate surface area is 111 Å². The molecule has 0 aliphatic carbocycles. The van der Waals surface area contributed by atoms with Gasteiger partial charge in [0.1, 0.15) is 0 Å². The summed E-state index contributed by atoms with van der Waals surface area (Å²) < 4.78 is 11.1. The maximum absolute atomic E-state index is 9.12. The molecule has 0 fully saturated rings. The van der Waals surface area contributed by atoms with Crippen LogP contribution in [0.1, 0.15) is 52.4 Å². The smallest absolute Gasteiger partial charge is 0.0806 e. The summed E-state index contributed by atoms with van der Waals surface area (Å²) in [7, 11) is 0. The Bertz CT molecular complexity index is 146. The van der Waals surface area contributed by atoms with Gasteiger partial charge in [-0.1, -0.05) is 39.5 Å². The predicted octanol–water partition coefficient (Wildman–Crippen LogP) is 2.12. The maximum atomic E-state index is 9.12. The van der Waals surface area contributed by atoms with Crippen molar-refractivity contribution in [3.63, 3.8) is 0 Å². The molecule has 110 valence electrons. The lowest BCUT2D eigenvalue weighted by Gasteiger charge is -2.18. The van der Waals surface area contributed by atoms with Crippen LogP contribution in [-0.2, 0) is 9.47 Å². The van der Waals surface area contributed by atoms with Crippen molar-refractivity contribution in [1.29, 1.82) is 0 Å². The molecule has 18 heavy (non-hydrogen) atoms. The van der Waals surface area contributed by atoms with Gasteiger partial charge in [0.15, 0.2) is 0 Å². The van der Waals surface area contributed by atoms with Crippen LogP contribution in [0.4, 0.5) is 0 Å². The zero-order valence-corrected chi connectivity index (χ0v) is 11.9. The van der Waals surface area contributed by atoms with E-state index in [0.717, 1.165) is 38.5 Å². The first-order valence-electron chi connectivity index (χ1n) is 7.23. The molecule has 0 amide bonds. The van der Waals surface area contributed by atoms with Gasteiger partial charge >= 0.3 is 0 Å². The van der Waals surface area contributed by atoms with Crippen LogP contribution in [0.5, 0.6) is 0 Å². The number of rotatable bonds is 13. The van der Waals surface area contributed by atoms with E-state index in [9.17, 15) is 0 Å². The molecule has 0 aliphatic heterocycles. The van der Waals surface area contributed by atoms with Crippen LogP contribution in [0, 0.1) is 0 Å². The van der Waals surface area contributed by atoms with Crippen molar-refractivity contribution in [1.82, 2.24) is 0 Å². The number of unbranched alkanes of at least 4 members (excludes halogenated alkanes) is 2. The number of hydrogen-bond acceptors (Lipinski definition) is 4. The normalized spacial score (nSPS) is 14.7. The number of aliphatic hydroxyl groups excluding tert-OH is 2. The second-order valence-corrected chi connectivity index (χ2v) is 4.64. The van der Waals surface area contributed by atoms with E-state index in [1.165, 1.54) is 0 Å². The van der Waals surface area contributed by atoms with E-state index in [4.69, 9.17) is 19.7 Å². The first-order chi connectivity index (χ1) is 8.78. The van der Waals surface area contributed by atoms with Crippen LogP contribution in [0.25, 0.3) is 0 Å². The van der Waals surface area contributed by atoms with Gasteiger partial charge in [-0.25, -0.2) is 0 Å². The second kappa shape index (κ2) is 13.3. The van der Waals surface area contributed by atoms with E-state index in [1.807, 2.05) is 0 Å². The van der Waals surface area contributed by atoms with E-state index in [1.54, 1.807) is 0 Å². The molecule has 0 aliphatic rings. The number of aliphatic hydroxyl groups is 2. The third kappa shape index (κ3) is 9.83. The van der Waals surface area contributed by atoms with Gasteiger partial charge in [-0.15, -0.1) is 0 Å². The Morgan fingerprint density at radius 1 is 0.778 bits per heavy atom. The van der Waals surface area contributed by atoms with Crippen molar-refractivity contribution in [2.45, 2.75) is 64.6 Å². The Kier molecular flexibility index (Phi) is 13.2. The standard InChI is InChI=1S/C14H30O4/c1-3-5-7-13(11-15)17-9-10-18-14(12-16)8-6-4-2/h13-16H,3-12H2,1-2H3. The minimum atomic E-state index is -0.0724. The van der Waals surface area contributed by atoms with Crippen LogP contribution >= 0.6 is 0 Å². The highest BCUT2D eigenvalue weighted by molar-refractivity contribution is 4.57. The molecule has 0 aromatic carbocycles. The van der Waals surface area contributed by atoms with Gasteiger partial charge < -0.3 is 19.7 Å². The van der Waals surface area contributed by atoms with Gasteiger partial charge in [0.2, 0.25) is 0 Å². The fraction of sp³-hybridized carbons (Fsp3) is 1.00. The van der Waals surface area contributed by atoms with E-state index in [0.29, 0.717) is 13.2 Å². The number of ether oxygens (including phenoxy) is 2. The van der Waals surface area contributed by atoms with E-state index < -0.39 is 0 Å². The molecule has 4 heteroatoms. The highest BCUT2D eigenvalue weighted by Gasteiger charge is 2.09. The molecule has 0 aromatic heterocycles. The molecule has 0 heterocycles. The summed E-state index contributed by atoms with van der Waals surface area (Å²) >= 11 is 0. The van der Waals surface area contributed by atoms with Gasteiger partial charge in [0.05, 0.1) is 38.6 Å². The zero-order chi connectivity index (χ0) is 13.6. The molecule has 0 rings (SSSR count). The average molecular weight is 262 g/mol. The Hall–Kier alpha value is -0.160. The van der Waals surface area contributed by atoms with Crippen LogP contribution in [0.2, 0.25) is 0 Å². The van der Waals surface area contributed by atoms with Crippen molar-refractivity contribution in [3.8, 4) is 0 Å². The van der Waals surface area contributed by atoms with Gasteiger partial charge in [-0.2, -0.15) is 0 Å². The fourth-order valence-electron chi connectivity index (χ4n) is 1.75. The summed E-state index contributed by atoms with van der Waals surface area (Å²) in [5, 5.41) is 18.2. The Balaban J connectivity index is 3.55. The van der Waals surface area contributed by atoms with Gasteiger partial charge in [-0.05, 0) is 12.8 Å². The van der Waals surface area contributed by atoms with Crippen LogP contribution in [-0.4, -0.2) is 48.8 Å².